The molecule has 0 rings (SSSR count). The molecule has 0 fully saturated rings. The molecule has 0 bridgehead atoms. The topological polar surface area (TPSA) is 95.9 Å². The van der Waals surface area contributed by atoms with E-state index < -0.39 is 8.80 Å². The summed E-state index contributed by atoms with van der Waals surface area (Å²) in [5.74, 6) is 0. The van der Waals surface area contributed by atoms with Gasteiger partial charge < -0.3 is 15.3 Å². The summed E-state index contributed by atoms with van der Waals surface area (Å²) >= 11 is 0. The van der Waals surface area contributed by atoms with Gasteiger partial charge in [-0.15, -0.1) is 0 Å². The average Bonchev–Trinajstić information content (AvgIpc) is 1.84. The highest BCUT2D eigenvalue weighted by Crippen LogP contribution is 2.03. The molecule has 0 aromatic rings. The summed E-state index contributed by atoms with van der Waals surface area (Å²) in [5, 5.41) is 7.84. The van der Waals surface area contributed by atoms with Crippen molar-refractivity contribution in [2.75, 3.05) is 6.54 Å². The largest absolute Gasteiger partial charge is 0.524 e. The van der Waals surface area contributed by atoms with Crippen molar-refractivity contribution in [2.24, 2.45) is 5.73 Å². The van der Waals surface area contributed by atoms with Crippen LogP contribution in [0, 0.1) is 0 Å². The summed E-state index contributed by atoms with van der Waals surface area (Å²) < 4.78 is 3.43. The first-order valence-electron chi connectivity index (χ1n) is 2.60. The first kappa shape index (κ1) is 9.02. The highest BCUT2D eigenvalue weighted by atomic mass is 28.4. The molecule has 6 heteroatoms. The van der Waals surface area contributed by atoms with Crippen LogP contribution < -0.4 is 5.73 Å². The van der Waals surface area contributed by atoms with E-state index in [1.807, 2.05) is 0 Å². The fourth-order valence-corrected chi connectivity index (χ4v) is 1.13. The summed E-state index contributed by atoms with van der Waals surface area (Å²) in [4.78, 5) is 17.2. The molecule has 0 aliphatic rings. The molecule has 0 unspecified atom stereocenters. The van der Waals surface area contributed by atoms with Gasteiger partial charge >= 0.3 is 8.80 Å². The third kappa shape index (κ3) is 4.52. The fourth-order valence-electron chi connectivity index (χ4n) is 0.378. The van der Waals surface area contributed by atoms with Gasteiger partial charge in [0.1, 0.15) is 0 Å². The third-order valence-corrected chi connectivity index (χ3v) is 2.15. The highest BCUT2D eigenvalue weighted by Gasteiger charge is 2.31. The second-order valence-electron chi connectivity index (χ2n) is 1.73. The third-order valence-electron chi connectivity index (χ3n) is 0.853. The molecule has 0 atom stereocenters. The molecular formula is C3H11NO4Si. The van der Waals surface area contributed by atoms with Gasteiger partial charge in [-0.1, -0.05) is 0 Å². The van der Waals surface area contributed by atoms with E-state index in [9.17, 15) is 0 Å². The Balaban J connectivity index is 3.33. The molecule has 0 spiro atoms. The zero-order valence-corrected chi connectivity index (χ0v) is 5.95. The van der Waals surface area contributed by atoms with Crippen molar-refractivity contribution in [1.82, 2.24) is 0 Å². The maximum absolute atomic E-state index is 8.62. The van der Waals surface area contributed by atoms with E-state index >= 15 is 0 Å². The van der Waals surface area contributed by atoms with Gasteiger partial charge in [-0.05, 0) is 13.0 Å². The molecule has 0 heterocycles. The van der Waals surface area contributed by atoms with E-state index in [0.29, 0.717) is 13.0 Å². The van der Waals surface area contributed by atoms with E-state index in [-0.39, 0.29) is 6.04 Å². The van der Waals surface area contributed by atoms with Crippen LogP contribution in [-0.2, 0) is 4.58 Å². The Hall–Kier alpha value is 0.0169. The molecular weight excluding hydrogens is 142 g/mol. The predicted molar refractivity (Wildman–Crippen MR) is 32.4 cm³/mol. The fraction of sp³-hybridized carbons (Fsp3) is 1.00. The minimum absolute atomic E-state index is 0.0417. The van der Waals surface area contributed by atoms with Gasteiger partial charge in [0, 0.05) is 6.04 Å². The van der Waals surface area contributed by atoms with Crippen molar-refractivity contribution in [2.45, 2.75) is 12.5 Å². The molecule has 0 aliphatic heterocycles. The molecule has 5 N–H and O–H groups in total. The summed E-state index contributed by atoms with van der Waals surface area (Å²) in [5.41, 5.74) is 5.05. The second-order valence-corrected chi connectivity index (χ2v) is 3.90. The average molecular weight is 153 g/mol. The van der Waals surface area contributed by atoms with E-state index in [1.54, 1.807) is 0 Å². The standard InChI is InChI=1S/C3H11NO4Si/c4-2-1-3-9(6,7)8-5/h5-7H,1-4H2. The van der Waals surface area contributed by atoms with Crippen LogP contribution in [0.3, 0.4) is 0 Å². The molecule has 0 aromatic heterocycles. The van der Waals surface area contributed by atoms with Crippen LogP contribution in [0.4, 0.5) is 0 Å². The lowest BCUT2D eigenvalue weighted by molar-refractivity contribution is -0.186. The first-order valence-corrected chi connectivity index (χ1v) is 4.61. The number of hydrogen-bond donors (Lipinski definition) is 4. The predicted octanol–water partition coefficient (Wildman–Crippen LogP) is -1.25. The quantitative estimate of drug-likeness (QED) is 0.230. The molecule has 0 aliphatic carbocycles. The molecule has 0 saturated heterocycles. The SMILES string of the molecule is NCCC[Si](O)(O)OO. The van der Waals surface area contributed by atoms with Gasteiger partial charge in [-0.3, -0.25) is 5.26 Å². The van der Waals surface area contributed by atoms with Crippen molar-refractivity contribution in [3.8, 4) is 0 Å². The Morgan fingerprint density at radius 3 is 2.33 bits per heavy atom. The van der Waals surface area contributed by atoms with Gasteiger partial charge in [0.15, 0.2) is 0 Å². The zero-order valence-electron chi connectivity index (χ0n) is 4.95. The monoisotopic (exact) mass is 153 g/mol. The molecule has 0 amide bonds. The molecule has 9 heavy (non-hydrogen) atoms. The Labute approximate surface area is 54.0 Å². The lowest BCUT2D eigenvalue weighted by Gasteiger charge is -2.10. The molecule has 56 valence electrons. The minimum Gasteiger partial charge on any atom is -0.389 e. The smallest absolute Gasteiger partial charge is 0.389 e. The highest BCUT2D eigenvalue weighted by molar-refractivity contribution is 6.57. The summed E-state index contributed by atoms with van der Waals surface area (Å²) in [6, 6.07) is 0.0417. The van der Waals surface area contributed by atoms with Gasteiger partial charge in [-0.25, -0.2) is 4.58 Å². The van der Waals surface area contributed by atoms with Crippen LogP contribution in [-0.4, -0.2) is 30.2 Å². The summed E-state index contributed by atoms with van der Waals surface area (Å²) in [7, 11) is -3.72. The van der Waals surface area contributed by atoms with Crippen LogP contribution in [0.25, 0.3) is 0 Å². The zero-order chi connectivity index (χ0) is 7.33. The van der Waals surface area contributed by atoms with E-state index in [0.717, 1.165) is 0 Å². The van der Waals surface area contributed by atoms with Crippen molar-refractivity contribution in [3.63, 3.8) is 0 Å². The minimum atomic E-state index is -3.72. The van der Waals surface area contributed by atoms with Crippen molar-refractivity contribution in [1.29, 1.82) is 0 Å². The van der Waals surface area contributed by atoms with Crippen LogP contribution in [0.2, 0.25) is 6.04 Å². The Bertz CT molecular complexity index is 78.2. The van der Waals surface area contributed by atoms with Gasteiger partial charge in [0.2, 0.25) is 0 Å². The first-order chi connectivity index (χ1) is 4.12. The van der Waals surface area contributed by atoms with Gasteiger partial charge in [-0.2, -0.15) is 0 Å². The lowest BCUT2D eigenvalue weighted by atomic mass is 10.5. The summed E-state index contributed by atoms with van der Waals surface area (Å²) in [6.07, 6.45) is 0.444. The van der Waals surface area contributed by atoms with E-state index in [2.05, 4.69) is 4.58 Å². The van der Waals surface area contributed by atoms with Crippen molar-refractivity contribution < 1.29 is 19.4 Å². The van der Waals surface area contributed by atoms with Crippen molar-refractivity contribution >= 4 is 8.80 Å². The molecule has 0 radical (unpaired) electrons. The van der Waals surface area contributed by atoms with Gasteiger partial charge in [0.05, 0.1) is 0 Å². The Kier molecular flexibility index (Phi) is 3.94. The van der Waals surface area contributed by atoms with Gasteiger partial charge in [0.25, 0.3) is 0 Å². The van der Waals surface area contributed by atoms with Crippen LogP contribution in [0.5, 0.6) is 0 Å². The van der Waals surface area contributed by atoms with Crippen molar-refractivity contribution in [3.05, 3.63) is 0 Å². The second kappa shape index (κ2) is 3.93. The maximum Gasteiger partial charge on any atom is 0.524 e. The molecule has 0 aromatic carbocycles. The molecule has 0 saturated carbocycles. The number of nitrogens with two attached hydrogens (primary N) is 1. The summed E-state index contributed by atoms with van der Waals surface area (Å²) in [6.45, 7) is 0.360. The van der Waals surface area contributed by atoms with Crippen LogP contribution >= 0.6 is 0 Å². The molecule has 5 nitrogen and oxygen atoms in total. The number of hydrogen-bond acceptors (Lipinski definition) is 5. The maximum atomic E-state index is 8.62. The normalized spacial score (nSPS) is 12.0. The van der Waals surface area contributed by atoms with Crippen LogP contribution in [0.15, 0.2) is 0 Å². The Morgan fingerprint density at radius 1 is 1.44 bits per heavy atom. The Morgan fingerprint density at radius 2 is 2.00 bits per heavy atom. The van der Waals surface area contributed by atoms with E-state index in [4.69, 9.17) is 20.6 Å². The number of rotatable bonds is 4. The van der Waals surface area contributed by atoms with Crippen LogP contribution in [0.1, 0.15) is 6.42 Å². The lowest BCUT2D eigenvalue weighted by Crippen LogP contribution is -2.37. The van der Waals surface area contributed by atoms with E-state index in [1.165, 1.54) is 0 Å².